The number of aromatic nitrogens is 1. The number of nitrogens with two attached hydrogens (primary N) is 1. The third kappa shape index (κ3) is 5.26. The highest BCUT2D eigenvalue weighted by Gasteiger charge is 2.27. The molecule has 1 saturated heterocycles. The number of benzene rings is 1. The second-order valence-electron chi connectivity index (χ2n) is 9.19. The fraction of sp³-hybridized carbons (Fsp3) is 0.480. The maximum Gasteiger partial charge on any atom is 0.251 e. The molecule has 0 radical (unpaired) electrons. The van der Waals surface area contributed by atoms with Crippen LogP contribution in [-0.2, 0) is 11.2 Å². The second kappa shape index (κ2) is 10.4. The predicted molar refractivity (Wildman–Crippen MR) is 139 cm³/mol. The fourth-order valence-corrected chi connectivity index (χ4v) is 6.61. The Morgan fingerprint density at radius 3 is 2.65 bits per heavy atom. The van der Waals surface area contributed by atoms with Crippen molar-refractivity contribution in [3.8, 4) is 0 Å². The first-order chi connectivity index (χ1) is 16.6. The molecular weight excluding hydrogens is 466 g/mol. The summed E-state index contributed by atoms with van der Waals surface area (Å²) in [5.41, 5.74) is 7.80. The van der Waals surface area contributed by atoms with Gasteiger partial charge in [-0.2, -0.15) is 0 Å². The molecule has 2 aliphatic rings. The Balaban J connectivity index is 1.18. The van der Waals surface area contributed by atoms with Gasteiger partial charge in [-0.1, -0.05) is 36.7 Å². The van der Waals surface area contributed by atoms with E-state index < -0.39 is 6.04 Å². The summed E-state index contributed by atoms with van der Waals surface area (Å²) >= 11 is 3.24. The quantitative estimate of drug-likeness (QED) is 0.543. The Kier molecular flexibility index (Phi) is 7.12. The summed E-state index contributed by atoms with van der Waals surface area (Å²) in [4.78, 5) is 35.6. The minimum atomic E-state index is -0.495. The molecular formula is C25H31N5O2S2. The first kappa shape index (κ1) is 23.3. The standard InChI is InChI=1S/C25H31N5O2S2/c26-20(16-19-7-4-14-33-19)24(32)29-10-12-30(13-11-29)25-28-21-9-8-17(15-22(21)34-25)23(31)27-18-5-2-1-3-6-18/h4,7-9,14-15,18,20H,1-3,5-6,10-13,16,26H2,(H,27,31)/t20-/m0/s1. The first-order valence-electron chi connectivity index (χ1n) is 12.1. The zero-order valence-electron chi connectivity index (χ0n) is 19.2. The lowest BCUT2D eigenvalue weighted by atomic mass is 9.95. The highest BCUT2D eigenvalue weighted by molar-refractivity contribution is 7.22. The van der Waals surface area contributed by atoms with Gasteiger partial charge in [0.2, 0.25) is 5.91 Å². The highest BCUT2D eigenvalue weighted by Crippen LogP contribution is 2.30. The molecule has 0 unspecified atom stereocenters. The molecule has 9 heteroatoms. The van der Waals surface area contributed by atoms with Gasteiger partial charge < -0.3 is 20.9 Å². The summed E-state index contributed by atoms with van der Waals surface area (Å²) in [7, 11) is 0. The molecule has 1 saturated carbocycles. The van der Waals surface area contributed by atoms with Crippen LogP contribution in [0.2, 0.25) is 0 Å². The number of thiazole rings is 1. The number of thiophene rings is 1. The van der Waals surface area contributed by atoms with Gasteiger partial charge in [-0.05, 0) is 42.5 Å². The zero-order valence-corrected chi connectivity index (χ0v) is 20.9. The molecule has 1 aliphatic carbocycles. The summed E-state index contributed by atoms with van der Waals surface area (Å²) < 4.78 is 1.02. The molecule has 0 spiro atoms. The molecule has 3 aromatic rings. The largest absolute Gasteiger partial charge is 0.349 e. The summed E-state index contributed by atoms with van der Waals surface area (Å²) in [5, 5.41) is 6.15. The lowest BCUT2D eigenvalue weighted by Gasteiger charge is -2.35. The summed E-state index contributed by atoms with van der Waals surface area (Å²) in [6.45, 7) is 2.74. The van der Waals surface area contributed by atoms with E-state index in [2.05, 4.69) is 10.2 Å². The van der Waals surface area contributed by atoms with Crippen LogP contribution in [0.15, 0.2) is 35.7 Å². The van der Waals surface area contributed by atoms with Gasteiger partial charge in [-0.25, -0.2) is 4.98 Å². The maximum absolute atomic E-state index is 12.8. The summed E-state index contributed by atoms with van der Waals surface area (Å²) in [6.07, 6.45) is 6.40. The zero-order chi connectivity index (χ0) is 23.5. The van der Waals surface area contributed by atoms with E-state index in [9.17, 15) is 9.59 Å². The number of carbonyl (C=O) groups is 2. The van der Waals surface area contributed by atoms with E-state index >= 15 is 0 Å². The number of anilines is 1. The van der Waals surface area contributed by atoms with E-state index in [1.807, 2.05) is 40.6 Å². The molecule has 2 aromatic heterocycles. The van der Waals surface area contributed by atoms with Gasteiger partial charge in [0.15, 0.2) is 5.13 Å². The fourth-order valence-electron chi connectivity index (χ4n) is 4.79. The molecule has 0 bridgehead atoms. The van der Waals surface area contributed by atoms with Gasteiger partial charge in [-0.15, -0.1) is 11.3 Å². The second-order valence-corrected chi connectivity index (χ2v) is 11.2. The van der Waals surface area contributed by atoms with Crippen molar-refractivity contribution >= 4 is 49.8 Å². The minimum absolute atomic E-state index is 0.00904. The first-order valence-corrected chi connectivity index (χ1v) is 13.8. The van der Waals surface area contributed by atoms with Crippen LogP contribution in [-0.4, -0.2) is 60.0 Å². The number of hydrogen-bond acceptors (Lipinski definition) is 7. The molecule has 1 atom stereocenters. The van der Waals surface area contributed by atoms with Crippen LogP contribution < -0.4 is 16.0 Å². The van der Waals surface area contributed by atoms with Crippen molar-refractivity contribution < 1.29 is 9.59 Å². The Bertz CT molecular complexity index is 1130. The number of nitrogens with zero attached hydrogens (tertiary/aromatic N) is 3. The lowest BCUT2D eigenvalue weighted by molar-refractivity contribution is -0.132. The summed E-state index contributed by atoms with van der Waals surface area (Å²) in [5.74, 6) is 0.0285. The van der Waals surface area contributed by atoms with E-state index in [0.29, 0.717) is 31.1 Å². The van der Waals surface area contributed by atoms with Crippen LogP contribution in [0.3, 0.4) is 0 Å². The Morgan fingerprint density at radius 1 is 1.12 bits per heavy atom. The number of hydrogen-bond donors (Lipinski definition) is 2. The van der Waals surface area contributed by atoms with Crippen LogP contribution in [0.1, 0.15) is 47.3 Å². The molecule has 180 valence electrons. The molecule has 2 amide bonds. The van der Waals surface area contributed by atoms with E-state index in [0.717, 1.165) is 46.2 Å². The van der Waals surface area contributed by atoms with E-state index in [1.165, 1.54) is 19.3 Å². The van der Waals surface area contributed by atoms with Gasteiger partial charge in [-0.3, -0.25) is 9.59 Å². The molecule has 3 heterocycles. The third-order valence-corrected chi connectivity index (χ3v) is 8.74. The van der Waals surface area contributed by atoms with Gasteiger partial charge in [0, 0.05) is 49.1 Å². The van der Waals surface area contributed by atoms with Crippen LogP contribution >= 0.6 is 22.7 Å². The van der Waals surface area contributed by atoms with Crippen LogP contribution in [0.25, 0.3) is 10.2 Å². The molecule has 1 aliphatic heterocycles. The van der Waals surface area contributed by atoms with Crippen molar-refractivity contribution in [2.24, 2.45) is 5.73 Å². The molecule has 5 rings (SSSR count). The van der Waals surface area contributed by atoms with Crippen LogP contribution in [0.5, 0.6) is 0 Å². The van der Waals surface area contributed by atoms with Crippen molar-refractivity contribution in [1.29, 1.82) is 0 Å². The van der Waals surface area contributed by atoms with Gasteiger partial charge in [0.05, 0.1) is 16.3 Å². The smallest absolute Gasteiger partial charge is 0.251 e. The molecule has 3 N–H and O–H groups in total. The van der Waals surface area contributed by atoms with Crippen LogP contribution in [0.4, 0.5) is 5.13 Å². The Labute approximate surface area is 208 Å². The maximum atomic E-state index is 12.8. The average molecular weight is 498 g/mol. The van der Waals surface area contributed by atoms with Crippen molar-refractivity contribution in [3.05, 3.63) is 46.2 Å². The number of amides is 2. The van der Waals surface area contributed by atoms with Gasteiger partial charge in [0.25, 0.3) is 5.91 Å². The van der Waals surface area contributed by atoms with E-state index in [4.69, 9.17) is 10.7 Å². The summed E-state index contributed by atoms with van der Waals surface area (Å²) in [6, 6.07) is 9.58. The normalized spacial score (nSPS) is 18.3. The monoisotopic (exact) mass is 497 g/mol. The van der Waals surface area contributed by atoms with E-state index in [1.54, 1.807) is 22.7 Å². The lowest BCUT2D eigenvalue weighted by Crippen LogP contribution is -2.53. The molecule has 7 nitrogen and oxygen atoms in total. The van der Waals surface area contributed by atoms with E-state index in [-0.39, 0.29) is 11.8 Å². The SMILES string of the molecule is N[C@@H](Cc1cccs1)C(=O)N1CCN(c2nc3ccc(C(=O)NC4CCCCC4)cc3s2)CC1. The Morgan fingerprint density at radius 2 is 1.91 bits per heavy atom. The molecule has 1 aromatic carbocycles. The topological polar surface area (TPSA) is 91.6 Å². The number of fused-ring (bicyclic) bond motifs is 1. The van der Waals surface area contributed by atoms with Gasteiger partial charge in [0.1, 0.15) is 0 Å². The molecule has 2 fully saturated rings. The van der Waals surface area contributed by atoms with Crippen molar-refractivity contribution in [2.45, 2.75) is 50.6 Å². The average Bonchev–Trinajstić information content (AvgIpc) is 3.53. The van der Waals surface area contributed by atoms with Gasteiger partial charge >= 0.3 is 0 Å². The third-order valence-electron chi connectivity index (χ3n) is 6.76. The van der Waals surface area contributed by atoms with Crippen molar-refractivity contribution in [1.82, 2.24) is 15.2 Å². The number of nitrogens with one attached hydrogen (secondary N) is 1. The predicted octanol–water partition coefficient (Wildman–Crippen LogP) is 3.64. The number of rotatable bonds is 6. The number of piperazine rings is 1. The van der Waals surface area contributed by atoms with Crippen molar-refractivity contribution in [2.75, 3.05) is 31.1 Å². The minimum Gasteiger partial charge on any atom is -0.349 e. The highest BCUT2D eigenvalue weighted by atomic mass is 32.1. The Hall–Kier alpha value is -2.49. The molecule has 34 heavy (non-hydrogen) atoms. The van der Waals surface area contributed by atoms with Crippen LogP contribution in [0, 0.1) is 0 Å². The van der Waals surface area contributed by atoms with Crippen molar-refractivity contribution in [3.63, 3.8) is 0 Å². The number of carbonyl (C=O) groups excluding carboxylic acids is 2.